The van der Waals surface area contributed by atoms with Crippen LogP contribution >= 0.6 is 12.4 Å². The Kier molecular flexibility index (Phi) is 5.47. The maximum absolute atomic E-state index is 11.9. The van der Waals surface area contributed by atoms with Crippen LogP contribution in [0.4, 0.5) is 0 Å². The van der Waals surface area contributed by atoms with Crippen LogP contribution in [0.2, 0.25) is 0 Å². The number of benzene rings is 1. The summed E-state index contributed by atoms with van der Waals surface area (Å²) in [4.78, 5) is 11.9. The molecule has 1 aromatic carbocycles. The van der Waals surface area contributed by atoms with Crippen LogP contribution in [0.15, 0.2) is 29.8 Å². The zero-order chi connectivity index (χ0) is 13.8. The molecule has 0 saturated carbocycles. The largest absolute Gasteiger partial charge is 0.454 e. The van der Waals surface area contributed by atoms with E-state index in [1.807, 2.05) is 18.2 Å². The maximum Gasteiger partial charge on any atom is 0.231 e. The third-order valence-electron chi connectivity index (χ3n) is 3.47. The number of halogens is 1. The molecular formula is C15H19ClN2O3. The summed E-state index contributed by atoms with van der Waals surface area (Å²) >= 11 is 0. The molecule has 21 heavy (non-hydrogen) atoms. The van der Waals surface area contributed by atoms with Crippen LogP contribution in [0.1, 0.15) is 12.0 Å². The zero-order valence-electron chi connectivity index (χ0n) is 11.7. The number of fused-ring (bicyclic) bond motifs is 1. The minimum Gasteiger partial charge on any atom is -0.454 e. The topological polar surface area (TPSA) is 59.6 Å². The van der Waals surface area contributed by atoms with Gasteiger partial charge in [0.25, 0.3) is 0 Å². The summed E-state index contributed by atoms with van der Waals surface area (Å²) in [6.45, 7) is 2.79. The van der Waals surface area contributed by atoms with Gasteiger partial charge in [0.1, 0.15) is 0 Å². The molecule has 1 aromatic rings. The van der Waals surface area contributed by atoms with Gasteiger partial charge in [-0.1, -0.05) is 17.7 Å². The Balaban J connectivity index is 0.00000161. The number of rotatable bonds is 4. The molecule has 2 heterocycles. The predicted molar refractivity (Wildman–Crippen MR) is 82.1 cm³/mol. The lowest BCUT2D eigenvalue weighted by Gasteiger charge is -2.14. The van der Waals surface area contributed by atoms with Crippen LogP contribution < -0.4 is 20.1 Å². The predicted octanol–water partition coefficient (Wildman–Crippen LogP) is 1.42. The fourth-order valence-electron chi connectivity index (χ4n) is 2.34. The van der Waals surface area contributed by atoms with Crippen molar-refractivity contribution < 1.29 is 14.3 Å². The second-order valence-electron chi connectivity index (χ2n) is 4.96. The highest BCUT2D eigenvalue weighted by Gasteiger charge is 2.14. The zero-order valence-corrected chi connectivity index (χ0v) is 12.5. The summed E-state index contributed by atoms with van der Waals surface area (Å²) < 4.78 is 10.6. The highest BCUT2D eigenvalue weighted by Crippen LogP contribution is 2.32. The Morgan fingerprint density at radius 1 is 1.29 bits per heavy atom. The quantitative estimate of drug-likeness (QED) is 0.826. The highest BCUT2D eigenvalue weighted by atomic mass is 35.5. The lowest BCUT2D eigenvalue weighted by molar-refractivity contribution is -0.120. The first-order valence-electron chi connectivity index (χ1n) is 6.85. The molecule has 3 rings (SSSR count). The van der Waals surface area contributed by atoms with E-state index < -0.39 is 0 Å². The van der Waals surface area contributed by atoms with Crippen molar-refractivity contribution in [3.8, 4) is 11.5 Å². The minimum absolute atomic E-state index is 0. The lowest BCUT2D eigenvalue weighted by Crippen LogP contribution is -2.30. The summed E-state index contributed by atoms with van der Waals surface area (Å²) in [5, 5.41) is 6.21. The SMILES string of the molecule is Cl.O=C(Cc1ccc2c(c1)OCO2)NCC1=CCNCC1. The molecular weight excluding hydrogens is 292 g/mol. The highest BCUT2D eigenvalue weighted by molar-refractivity contribution is 5.85. The van der Waals surface area contributed by atoms with Gasteiger partial charge in [0, 0.05) is 13.1 Å². The Labute approximate surface area is 130 Å². The van der Waals surface area contributed by atoms with Crippen LogP contribution in [-0.2, 0) is 11.2 Å². The average Bonchev–Trinajstić information content (AvgIpc) is 2.94. The summed E-state index contributed by atoms with van der Waals surface area (Å²) in [6, 6.07) is 5.61. The van der Waals surface area contributed by atoms with E-state index in [2.05, 4.69) is 16.7 Å². The summed E-state index contributed by atoms with van der Waals surface area (Å²) in [6.07, 6.45) is 3.51. The van der Waals surface area contributed by atoms with Gasteiger partial charge in [-0.2, -0.15) is 0 Å². The molecule has 114 valence electrons. The van der Waals surface area contributed by atoms with Gasteiger partial charge in [0.05, 0.1) is 6.42 Å². The second-order valence-corrected chi connectivity index (χ2v) is 4.96. The Bertz CT molecular complexity index is 546. The van der Waals surface area contributed by atoms with Crippen molar-refractivity contribution in [1.29, 1.82) is 0 Å². The van der Waals surface area contributed by atoms with E-state index in [0.717, 1.165) is 36.6 Å². The molecule has 0 aliphatic carbocycles. The van der Waals surface area contributed by atoms with Crippen LogP contribution in [0, 0.1) is 0 Å². The normalized spacial score (nSPS) is 15.9. The molecule has 0 unspecified atom stereocenters. The minimum atomic E-state index is 0. The molecule has 2 aliphatic heterocycles. The third kappa shape index (κ3) is 4.12. The molecule has 6 heteroatoms. The van der Waals surface area contributed by atoms with Gasteiger partial charge in [-0.05, 0) is 30.7 Å². The van der Waals surface area contributed by atoms with Gasteiger partial charge < -0.3 is 20.1 Å². The number of carbonyl (C=O) groups is 1. The smallest absolute Gasteiger partial charge is 0.231 e. The van der Waals surface area contributed by atoms with Crippen LogP contribution in [0.3, 0.4) is 0 Å². The molecule has 0 saturated heterocycles. The van der Waals surface area contributed by atoms with Gasteiger partial charge in [0.2, 0.25) is 12.7 Å². The molecule has 0 aromatic heterocycles. The van der Waals surface area contributed by atoms with E-state index >= 15 is 0 Å². The second kappa shape index (κ2) is 7.33. The maximum atomic E-state index is 11.9. The van der Waals surface area contributed by atoms with E-state index in [-0.39, 0.29) is 25.1 Å². The van der Waals surface area contributed by atoms with Crippen LogP contribution in [-0.4, -0.2) is 32.3 Å². The number of hydrogen-bond acceptors (Lipinski definition) is 4. The monoisotopic (exact) mass is 310 g/mol. The third-order valence-corrected chi connectivity index (χ3v) is 3.47. The van der Waals surface area contributed by atoms with Crippen molar-refractivity contribution in [2.24, 2.45) is 0 Å². The van der Waals surface area contributed by atoms with E-state index in [1.165, 1.54) is 5.57 Å². The van der Waals surface area contributed by atoms with Gasteiger partial charge in [-0.3, -0.25) is 4.79 Å². The van der Waals surface area contributed by atoms with Crippen molar-refractivity contribution in [2.45, 2.75) is 12.8 Å². The molecule has 1 amide bonds. The molecule has 0 radical (unpaired) electrons. The van der Waals surface area contributed by atoms with Crippen molar-refractivity contribution in [3.63, 3.8) is 0 Å². The lowest BCUT2D eigenvalue weighted by atomic mass is 10.1. The standard InChI is InChI=1S/C15H18N2O3.ClH/c18-15(17-9-11-3-5-16-6-4-11)8-12-1-2-13-14(7-12)20-10-19-13;/h1-3,7,16H,4-6,8-10H2,(H,17,18);1H. The van der Waals surface area contributed by atoms with Crippen LogP contribution in [0.25, 0.3) is 0 Å². The summed E-state index contributed by atoms with van der Waals surface area (Å²) in [5.74, 6) is 1.49. The molecule has 2 aliphatic rings. The van der Waals surface area contributed by atoms with E-state index in [1.54, 1.807) is 0 Å². The first-order chi connectivity index (χ1) is 9.81. The van der Waals surface area contributed by atoms with Crippen molar-refractivity contribution >= 4 is 18.3 Å². The van der Waals surface area contributed by atoms with E-state index in [9.17, 15) is 4.79 Å². The molecule has 0 fully saturated rings. The fraction of sp³-hybridized carbons (Fsp3) is 0.400. The van der Waals surface area contributed by atoms with Gasteiger partial charge >= 0.3 is 0 Å². The summed E-state index contributed by atoms with van der Waals surface area (Å²) in [5.41, 5.74) is 2.23. The Morgan fingerprint density at radius 3 is 2.95 bits per heavy atom. The van der Waals surface area contributed by atoms with Gasteiger partial charge in [0.15, 0.2) is 11.5 Å². The fourth-order valence-corrected chi connectivity index (χ4v) is 2.34. The van der Waals surface area contributed by atoms with E-state index in [0.29, 0.717) is 13.0 Å². The van der Waals surface area contributed by atoms with Crippen molar-refractivity contribution in [3.05, 3.63) is 35.4 Å². The van der Waals surface area contributed by atoms with Gasteiger partial charge in [-0.15, -0.1) is 12.4 Å². The van der Waals surface area contributed by atoms with Gasteiger partial charge in [-0.25, -0.2) is 0 Å². The Morgan fingerprint density at radius 2 is 2.14 bits per heavy atom. The first-order valence-corrected chi connectivity index (χ1v) is 6.85. The van der Waals surface area contributed by atoms with Crippen molar-refractivity contribution in [1.82, 2.24) is 10.6 Å². The molecule has 0 bridgehead atoms. The number of ether oxygens (including phenoxy) is 2. The molecule has 2 N–H and O–H groups in total. The molecule has 0 atom stereocenters. The number of nitrogens with one attached hydrogen (secondary N) is 2. The average molecular weight is 311 g/mol. The van der Waals surface area contributed by atoms with Crippen molar-refractivity contribution in [2.75, 3.05) is 26.4 Å². The van der Waals surface area contributed by atoms with Crippen LogP contribution in [0.5, 0.6) is 11.5 Å². The Hall–Kier alpha value is -1.72. The number of carbonyl (C=O) groups excluding carboxylic acids is 1. The number of hydrogen-bond donors (Lipinski definition) is 2. The van der Waals surface area contributed by atoms with E-state index in [4.69, 9.17) is 9.47 Å². The first kappa shape index (κ1) is 15.7. The molecule has 5 nitrogen and oxygen atoms in total. The molecule has 0 spiro atoms. The summed E-state index contributed by atoms with van der Waals surface area (Å²) in [7, 11) is 0. The number of amides is 1.